The largest absolute Gasteiger partial charge is 0.394 e. The van der Waals surface area contributed by atoms with E-state index in [0.29, 0.717) is 5.56 Å². The summed E-state index contributed by atoms with van der Waals surface area (Å²) in [4.78, 5) is 12.0. The molecule has 0 spiro atoms. The van der Waals surface area contributed by atoms with Crippen LogP contribution in [0.4, 0.5) is 0 Å². The second-order valence-electron chi connectivity index (χ2n) is 4.49. The van der Waals surface area contributed by atoms with Gasteiger partial charge in [0.25, 0.3) is 5.91 Å². The molecule has 17 heavy (non-hydrogen) atoms. The zero-order valence-electron chi connectivity index (χ0n) is 10.3. The highest BCUT2D eigenvalue weighted by Gasteiger charge is 2.17. The van der Waals surface area contributed by atoms with Crippen LogP contribution >= 0.6 is 15.9 Å². The molecule has 1 amide bonds. The second-order valence-corrected chi connectivity index (χ2v) is 5.34. The molecule has 0 aliphatic rings. The summed E-state index contributed by atoms with van der Waals surface area (Å²) < 4.78 is 0.765. The third kappa shape index (κ3) is 3.82. The van der Waals surface area contributed by atoms with E-state index in [1.54, 1.807) is 0 Å². The van der Waals surface area contributed by atoms with Gasteiger partial charge in [-0.15, -0.1) is 0 Å². The number of aliphatic hydroxyl groups excluding tert-OH is 1. The molecular formula is C13H18BrNO2. The first-order chi connectivity index (χ1) is 7.95. The number of halogens is 1. The van der Waals surface area contributed by atoms with Gasteiger partial charge in [-0.3, -0.25) is 4.79 Å². The number of aliphatic hydroxyl groups is 1. The molecule has 1 unspecified atom stereocenters. The van der Waals surface area contributed by atoms with Gasteiger partial charge in [-0.1, -0.05) is 25.5 Å². The lowest BCUT2D eigenvalue weighted by Crippen LogP contribution is -2.41. The lowest BCUT2D eigenvalue weighted by molar-refractivity contribution is 0.0896. The number of hydrogen-bond donors (Lipinski definition) is 2. The lowest BCUT2D eigenvalue weighted by atomic mass is 10.0. The summed E-state index contributed by atoms with van der Waals surface area (Å²) in [6.07, 6.45) is 0. The summed E-state index contributed by atoms with van der Waals surface area (Å²) in [5, 5.41) is 12.0. The van der Waals surface area contributed by atoms with Crippen LogP contribution in [0.1, 0.15) is 29.8 Å². The highest BCUT2D eigenvalue weighted by atomic mass is 79.9. The maximum absolute atomic E-state index is 12.0. The van der Waals surface area contributed by atoms with Crippen molar-refractivity contribution in [1.29, 1.82) is 0 Å². The smallest absolute Gasteiger partial charge is 0.252 e. The Morgan fingerprint density at radius 2 is 2.12 bits per heavy atom. The van der Waals surface area contributed by atoms with E-state index < -0.39 is 0 Å². The molecular weight excluding hydrogens is 282 g/mol. The number of benzene rings is 1. The van der Waals surface area contributed by atoms with Gasteiger partial charge in [0.15, 0.2) is 0 Å². The maximum atomic E-state index is 12.0. The van der Waals surface area contributed by atoms with E-state index in [2.05, 4.69) is 21.2 Å². The van der Waals surface area contributed by atoms with Crippen molar-refractivity contribution in [1.82, 2.24) is 5.32 Å². The molecule has 0 aromatic heterocycles. The standard InChI is InChI=1S/C13H18BrNO2/c1-8(2)12(7-16)15-13(17)10-6-9(3)4-5-11(10)14/h4-6,8,12,16H,7H2,1-3H3,(H,15,17). The zero-order chi connectivity index (χ0) is 13.0. The number of carbonyl (C=O) groups is 1. The van der Waals surface area contributed by atoms with Crippen LogP contribution in [0.5, 0.6) is 0 Å². The van der Waals surface area contributed by atoms with E-state index in [4.69, 9.17) is 0 Å². The molecule has 3 nitrogen and oxygen atoms in total. The van der Waals surface area contributed by atoms with Crippen LogP contribution in [0, 0.1) is 12.8 Å². The Balaban J connectivity index is 2.86. The predicted molar refractivity (Wildman–Crippen MR) is 72.1 cm³/mol. The summed E-state index contributed by atoms with van der Waals surface area (Å²) in [5.74, 6) is 0.0425. The minimum absolute atomic E-state index is 0.0488. The number of amides is 1. The average Bonchev–Trinajstić information content (AvgIpc) is 2.28. The van der Waals surface area contributed by atoms with Gasteiger partial charge in [-0.2, -0.15) is 0 Å². The number of aryl methyl sites for hydroxylation is 1. The first kappa shape index (κ1) is 14.2. The van der Waals surface area contributed by atoms with Crippen molar-refractivity contribution in [2.24, 2.45) is 5.92 Å². The molecule has 0 aliphatic heterocycles. The summed E-state index contributed by atoms with van der Waals surface area (Å²) >= 11 is 3.36. The van der Waals surface area contributed by atoms with E-state index >= 15 is 0 Å². The predicted octanol–water partition coefficient (Wildman–Crippen LogP) is 2.50. The van der Waals surface area contributed by atoms with Gasteiger partial charge in [0.2, 0.25) is 0 Å². The molecule has 1 rings (SSSR count). The van der Waals surface area contributed by atoms with Gasteiger partial charge in [0, 0.05) is 4.47 Å². The van der Waals surface area contributed by atoms with Crippen LogP contribution in [0.3, 0.4) is 0 Å². The van der Waals surface area contributed by atoms with Crippen molar-refractivity contribution in [3.8, 4) is 0 Å². The summed E-state index contributed by atoms with van der Waals surface area (Å²) in [6, 6.07) is 5.41. The Hall–Kier alpha value is -0.870. The van der Waals surface area contributed by atoms with Gasteiger partial charge in [0.1, 0.15) is 0 Å². The van der Waals surface area contributed by atoms with Crippen LogP contribution in [0.15, 0.2) is 22.7 Å². The van der Waals surface area contributed by atoms with Gasteiger partial charge in [-0.05, 0) is 40.9 Å². The van der Waals surface area contributed by atoms with Crippen LogP contribution < -0.4 is 5.32 Å². The third-order valence-electron chi connectivity index (χ3n) is 2.68. The molecule has 0 bridgehead atoms. The van der Waals surface area contributed by atoms with Crippen molar-refractivity contribution in [3.05, 3.63) is 33.8 Å². The minimum atomic E-state index is -0.213. The molecule has 0 aliphatic carbocycles. The van der Waals surface area contributed by atoms with Crippen LogP contribution in [-0.4, -0.2) is 23.7 Å². The normalized spacial score (nSPS) is 12.6. The van der Waals surface area contributed by atoms with Gasteiger partial charge < -0.3 is 10.4 Å². The van der Waals surface area contributed by atoms with Gasteiger partial charge in [0.05, 0.1) is 18.2 Å². The lowest BCUT2D eigenvalue weighted by Gasteiger charge is -2.20. The topological polar surface area (TPSA) is 49.3 Å². The highest BCUT2D eigenvalue weighted by molar-refractivity contribution is 9.10. The Labute approximate surface area is 110 Å². The van der Waals surface area contributed by atoms with E-state index in [1.165, 1.54) is 0 Å². The summed E-state index contributed by atoms with van der Waals surface area (Å²) in [6.45, 7) is 5.82. The van der Waals surface area contributed by atoms with Gasteiger partial charge >= 0.3 is 0 Å². The van der Waals surface area contributed by atoms with Crippen LogP contribution in [0.25, 0.3) is 0 Å². The van der Waals surface area contributed by atoms with Crippen LogP contribution in [0.2, 0.25) is 0 Å². The third-order valence-corrected chi connectivity index (χ3v) is 3.38. The fourth-order valence-corrected chi connectivity index (χ4v) is 1.91. The minimum Gasteiger partial charge on any atom is -0.394 e. The van der Waals surface area contributed by atoms with E-state index in [-0.39, 0.29) is 24.5 Å². The molecule has 0 fully saturated rings. The monoisotopic (exact) mass is 299 g/mol. The number of hydrogen-bond acceptors (Lipinski definition) is 2. The van der Waals surface area contributed by atoms with Crippen LogP contribution in [-0.2, 0) is 0 Å². The first-order valence-electron chi connectivity index (χ1n) is 5.63. The molecule has 94 valence electrons. The molecule has 1 aromatic carbocycles. The molecule has 0 saturated carbocycles. The SMILES string of the molecule is Cc1ccc(Br)c(C(=O)NC(CO)C(C)C)c1. The molecule has 0 saturated heterocycles. The quantitative estimate of drug-likeness (QED) is 0.897. The summed E-state index contributed by atoms with van der Waals surface area (Å²) in [7, 11) is 0. The van der Waals surface area contributed by atoms with E-state index in [9.17, 15) is 9.90 Å². The van der Waals surface area contributed by atoms with Crippen molar-refractivity contribution in [2.45, 2.75) is 26.8 Å². The molecule has 0 heterocycles. The fraction of sp³-hybridized carbons (Fsp3) is 0.462. The zero-order valence-corrected chi connectivity index (χ0v) is 11.9. The number of nitrogens with one attached hydrogen (secondary N) is 1. The molecule has 1 aromatic rings. The molecule has 1 atom stereocenters. The Kier molecular flexibility index (Phi) is 5.15. The highest BCUT2D eigenvalue weighted by Crippen LogP contribution is 2.18. The van der Waals surface area contributed by atoms with E-state index in [0.717, 1.165) is 10.0 Å². The second kappa shape index (κ2) is 6.17. The van der Waals surface area contributed by atoms with Crippen molar-refractivity contribution < 1.29 is 9.90 Å². The maximum Gasteiger partial charge on any atom is 0.252 e. The first-order valence-corrected chi connectivity index (χ1v) is 6.43. The Morgan fingerprint density at radius 3 is 2.65 bits per heavy atom. The Morgan fingerprint density at radius 1 is 1.47 bits per heavy atom. The van der Waals surface area contributed by atoms with Gasteiger partial charge in [-0.25, -0.2) is 0 Å². The Bertz CT molecular complexity index is 404. The van der Waals surface area contributed by atoms with Crippen molar-refractivity contribution in [3.63, 3.8) is 0 Å². The number of carbonyl (C=O) groups excluding carboxylic acids is 1. The fourth-order valence-electron chi connectivity index (χ4n) is 1.48. The van der Waals surface area contributed by atoms with E-state index in [1.807, 2.05) is 39.0 Å². The average molecular weight is 300 g/mol. The van der Waals surface area contributed by atoms with Crippen molar-refractivity contribution in [2.75, 3.05) is 6.61 Å². The molecule has 2 N–H and O–H groups in total. The summed E-state index contributed by atoms with van der Waals surface area (Å²) in [5.41, 5.74) is 1.63. The molecule has 0 radical (unpaired) electrons. The van der Waals surface area contributed by atoms with Crippen molar-refractivity contribution >= 4 is 21.8 Å². The molecule has 4 heteroatoms. The number of rotatable bonds is 4.